The van der Waals surface area contributed by atoms with E-state index in [0.29, 0.717) is 12.3 Å². The maximum atomic E-state index is 11.7. The second kappa shape index (κ2) is 6.98. The summed E-state index contributed by atoms with van der Waals surface area (Å²) in [6, 6.07) is 12.0. The molecule has 1 aromatic carbocycles. The Bertz CT molecular complexity index is 624. The van der Waals surface area contributed by atoms with Gasteiger partial charge in [0.25, 0.3) is 0 Å². The Balaban J connectivity index is 1.49. The quantitative estimate of drug-likeness (QED) is 0.862. The molecule has 1 aliphatic rings. The number of carbonyl (C=O) groups is 1. The van der Waals surface area contributed by atoms with E-state index in [0.717, 1.165) is 18.7 Å². The molecule has 2 heterocycles. The average Bonchev–Trinajstić information content (AvgIpc) is 3.24. The minimum Gasteiger partial charge on any atom is -0.465 e. The molecule has 1 aromatic heterocycles. The zero-order valence-corrected chi connectivity index (χ0v) is 12.5. The van der Waals surface area contributed by atoms with Gasteiger partial charge < -0.3 is 14.6 Å². The lowest BCUT2D eigenvalue weighted by molar-refractivity contribution is -0.116. The number of anilines is 1. The summed E-state index contributed by atoms with van der Waals surface area (Å²) < 4.78 is 5.14. The average molecular weight is 296 g/mol. The van der Waals surface area contributed by atoms with Gasteiger partial charge >= 0.3 is 0 Å². The highest BCUT2D eigenvalue weighted by atomic mass is 16.3. The lowest BCUT2D eigenvalue weighted by Gasteiger charge is -2.17. The third kappa shape index (κ3) is 3.79. The van der Waals surface area contributed by atoms with E-state index in [-0.39, 0.29) is 5.91 Å². The van der Waals surface area contributed by atoms with Gasteiger partial charge in [-0.15, -0.1) is 0 Å². The smallest absolute Gasteiger partial charge is 0.244 e. The molecule has 0 atom stereocenters. The Hall–Kier alpha value is -2.49. The molecule has 22 heavy (non-hydrogen) atoms. The van der Waals surface area contributed by atoms with Crippen LogP contribution in [0.15, 0.2) is 53.2 Å². The monoisotopic (exact) mass is 296 g/mol. The first-order chi connectivity index (χ1) is 10.8. The molecule has 114 valence electrons. The third-order valence-corrected chi connectivity index (χ3v) is 3.82. The van der Waals surface area contributed by atoms with Crippen molar-refractivity contribution in [2.45, 2.75) is 19.4 Å². The van der Waals surface area contributed by atoms with Crippen molar-refractivity contribution in [2.75, 3.05) is 18.0 Å². The lowest BCUT2D eigenvalue weighted by Crippen LogP contribution is -2.20. The molecular weight excluding hydrogens is 276 g/mol. The number of hydrogen-bond acceptors (Lipinski definition) is 3. The van der Waals surface area contributed by atoms with E-state index in [9.17, 15) is 4.79 Å². The number of rotatable bonds is 5. The predicted molar refractivity (Wildman–Crippen MR) is 87.5 cm³/mol. The van der Waals surface area contributed by atoms with Crippen LogP contribution >= 0.6 is 0 Å². The van der Waals surface area contributed by atoms with Crippen LogP contribution in [0.2, 0.25) is 0 Å². The van der Waals surface area contributed by atoms with Crippen LogP contribution in [0.1, 0.15) is 24.2 Å². The van der Waals surface area contributed by atoms with E-state index in [4.69, 9.17) is 4.42 Å². The topological polar surface area (TPSA) is 45.5 Å². The summed E-state index contributed by atoms with van der Waals surface area (Å²) in [6.45, 7) is 2.82. The van der Waals surface area contributed by atoms with Crippen LogP contribution in [0.25, 0.3) is 6.08 Å². The number of carbonyl (C=O) groups excluding carboxylic acids is 1. The van der Waals surface area contributed by atoms with Crippen molar-refractivity contribution in [2.24, 2.45) is 0 Å². The van der Waals surface area contributed by atoms with Crippen LogP contribution < -0.4 is 10.2 Å². The van der Waals surface area contributed by atoms with Crippen LogP contribution in [-0.4, -0.2) is 19.0 Å². The number of amides is 1. The molecule has 0 spiro atoms. The fraction of sp³-hybridized carbons (Fsp3) is 0.278. The first-order valence-electron chi connectivity index (χ1n) is 7.64. The molecular formula is C18H20N2O2. The van der Waals surface area contributed by atoms with Crippen molar-refractivity contribution >= 4 is 17.7 Å². The summed E-state index contributed by atoms with van der Waals surface area (Å²) in [5.74, 6) is 0.546. The molecule has 4 heteroatoms. The Morgan fingerprint density at radius 2 is 1.95 bits per heavy atom. The molecule has 3 rings (SSSR count). The SMILES string of the molecule is O=C(/C=C/c1ccco1)NCc1ccc(N2CCCC2)cc1. The summed E-state index contributed by atoms with van der Waals surface area (Å²) in [7, 11) is 0. The molecule has 0 aliphatic carbocycles. The zero-order chi connectivity index (χ0) is 15.2. The van der Waals surface area contributed by atoms with E-state index in [1.54, 1.807) is 24.5 Å². The van der Waals surface area contributed by atoms with Crippen molar-refractivity contribution in [3.05, 3.63) is 60.1 Å². The zero-order valence-electron chi connectivity index (χ0n) is 12.5. The van der Waals surface area contributed by atoms with Crippen LogP contribution in [0.4, 0.5) is 5.69 Å². The highest BCUT2D eigenvalue weighted by Gasteiger charge is 2.11. The van der Waals surface area contributed by atoms with Crippen molar-refractivity contribution in [3.8, 4) is 0 Å². The minimum atomic E-state index is -0.125. The predicted octanol–water partition coefficient (Wildman–Crippen LogP) is 3.21. The maximum Gasteiger partial charge on any atom is 0.244 e. The van der Waals surface area contributed by atoms with Gasteiger partial charge in [0.2, 0.25) is 5.91 Å². The Kier molecular flexibility index (Phi) is 4.59. The van der Waals surface area contributed by atoms with Crippen molar-refractivity contribution in [1.82, 2.24) is 5.32 Å². The molecule has 0 saturated carbocycles. The standard InChI is InChI=1S/C18H20N2O2/c21-18(10-9-17-4-3-13-22-17)19-14-15-5-7-16(8-6-15)20-11-1-2-12-20/h3-10,13H,1-2,11-12,14H2,(H,19,21)/b10-9+. The van der Waals surface area contributed by atoms with Crippen LogP contribution in [-0.2, 0) is 11.3 Å². The van der Waals surface area contributed by atoms with Crippen molar-refractivity contribution < 1.29 is 9.21 Å². The van der Waals surface area contributed by atoms with Crippen LogP contribution in [0, 0.1) is 0 Å². The second-order valence-corrected chi connectivity index (χ2v) is 5.43. The fourth-order valence-electron chi connectivity index (χ4n) is 2.59. The highest BCUT2D eigenvalue weighted by molar-refractivity contribution is 5.91. The van der Waals surface area contributed by atoms with Gasteiger partial charge in [0.15, 0.2) is 0 Å². The first kappa shape index (κ1) is 14.4. The van der Waals surface area contributed by atoms with E-state index < -0.39 is 0 Å². The molecule has 0 unspecified atom stereocenters. The van der Waals surface area contributed by atoms with Gasteiger partial charge in [0.05, 0.1) is 6.26 Å². The molecule has 1 aliphatic heterocycles. The summed E-state index contributed by atoms with van der Waals surface area (Å²) in [4.78, 5) is 14.1. The Morgan fingerprint density at radius 3 is 2.64 bits per heavy atom. The van der Waals surface area contributed by atoms with Gasteiger partial charge in [-0.2, -0.15) is 0 Å². The molecule has 1 N–H and O–H groups in total. The van der Waals surface area contributed by atoms with Crippen molar-refractivity contribution in [1.29, 1.82) is 0 Å². The Morgan fingerprint density at radius 1 is 1.18 bits per heavy atom. The molecule has 4 nitrogen and oxygen atoms in total. The highest BCUT2D eigenvalue weighted by Crippen LogP contribution is 2.20. The maximum absolute atomic E-state index is 11.7. The molecule has 1 saturated heterocycles. The summed E-state index contributed by atoms with van der Waals surface area (Å²) in [5, 5.41) is 2.87. The van der Waals surface area contributed by atoms with E-state index in [1.807, 2.05) is 0 Å². The third-order valence-electron chi connectivity index (χ3n) is 3.82. The number of hydrogen-bond donors (Lipinski definition) is 1. The number of benzene rings is 1. The molecule has 2 aromatic rings. The van der Waals surface area contributed by atoms with E-state index >= 15 is 0 Å². The first-order valence-corrected chi connectivity index (χ1v) is 7.64. The van der Waals surface area contributed by atoms with Crippen LogP contribution in [0.5, 0.6) is 0 Å². The molecule has 1 amide bonds. The Labute approximate surface area is 130 Å². The van der Waals surface area contributed by atoms with Gasteiger partial charge in [-0.3, -0.25) is 4.79 Å². The summed E-state index contributed by atoms with van der Waals surface area (Å²) in [5.41, 5.74) is 2.37. The van der Waals surface area contributed by atoms with Gasteiger partial charge in [-0.05, 0) is 48.7 Å². The fourth-order valence-corrected chi connectivity index (χ4v) is 2.59. The molecule has 0 bridgehead atoms. The van der Waals surface area contributed by atoms with Gasteiger partial charge in [-0.1, -0.05) is 12.1 Å². The minimum absolute atomic E-state index is 0.125. The van der Waals surface area contributed by atoms with Gasteiger partial charge in [0.1, 0.15) is 5.76 Å². The summed E-state index contributed by atoms with van der Waals surface area (Å²) in [6.07, 6.45) is 7.28. The largest absolute Gasteiger partial charge is 0.465 e. The van der Waals surface area contributed by atoms with E-state index in [2.05, 4.69) is 34.5 Å². The van der Waals surface area contributed by atoms with Gasteiger partial charge in [-0.25, -0.2) is 0 Å². The summed E-state index contributed by atoms with van der Waals surface area (Å²) >= 11 is 0. The lowest BCUT2D eigenvalue weighted by atomic mass is 10.2. The molecule has 0 radical (unpaired) electrons. The van der Waals surface area contributed by atoms with Gasteiger partial charge in [0, 0.05) is 31.4 Å². The number of furan rings is 1. The van der Waals surface area contributed by atoms with Crippen LogP contribution in [0.3, 0.4) is 0 Å². The number of nitrogens with one attached hydrogen (secondary N) is 1. The van der Waals surface area contributed by atoms with Crippen molar-refractivity contribution in [3.63, 3.8) is 0 Å². The number of nitrogens with zero attached hydrogens (tertiary/aromatic N) is 1. The second-order valence-electron chi connectivity index (χ2n) is 5.43. The van der Waals surface area contributed by atoms with E-state index in [1.165, 1.54) is 24.6 Å². The molecule has 1 fully saturated rings. The normalized spacial score (nSPS) is 14.6.